The first-order valence-corrected chi connectivity index (χ1v) is 13.2. The lowest BCUT2D eigenvalue weighted by molar-refractivity contribution is -0.135. The number of sulfonamides is 1. The zero-order chi connectivity index (χ0) is 23.8. The van der Waals surface area contributed by atoms with E-state index >= 15 is 0 Å². The van der Waals surface area contributed by atoms with E-state index in [0.29, 0.717) is 41.7 Å². The molecule has 2 saturated heterocycles. The standard InChI is InChI=1S/C25H31ClN2O4S/c1-18-6-4-5-7-22(18)32-16-24(29)27-11-8-25(9-12-27)10-13-28(17-25)33(30,31)23-15-19(2)21(26)14-20(23)3/h4-7,14-15H,8-13,16-17H2,1-3H3. The molecule has 0 aliphatic carbocycles. The molecule has 2 fully saturated rings. The van der Waals surface area contributed by atoms with Gasteiger partial charge in [0.05, 0.1) is 4.90 Å². The molecule has 0 bridgehead atoms. The predicted molar refractivity (Wildman–Crippen MR) is 129 cm³/mol. The van der Waals surface area contributed by atoms with Gasteiger partial charge in [0.2, 0.25) is 10.0 Å². The summed E-state index contributed by atoms with van der Waals surface area (Å²) in [6, 6.07) is 11.0. The van der Waals surface area contributed by atoms with Crippen molar-refractivity contribution in [2.75, 3.05) is 32.8 Å². The molecule has 2 aliphatic heterocycles. The molecule has 6 nitrogen and oxygen atoms in total. The minimum atomic E-state index is -3.58. The normalized spacial score (nSPS) is 18.6. The molecule has 178 valence electrons. The van der Waals surface area contributed by atoms with Crippen LogP contribution in [0, 0.1) is 26.2 Å². The zero-order valence-electron chi connectivity index (χ0n) is 19.4. The van der Waals surface area contributed by atoms with Crippen molar-refractivity contribution in [1.29, 1.82) is 0 Å². The molecule has 0 N–H and O–H groups in total. The summed E-state index contributed by atoms with van der Waals surface area (Å²) in [5.41, 5.74) is 2.35. The number of para-hydroxylation sites is 1. The van der Waals surface area contributed by atoms with Crippen LogP contribution in [0.1, 0.15) is 36.0 Å². The smallest absolute Gasteiger partial charge is 0.260 e. The average molecular weight is 491 g/mol. The van der Waals surface area contributed by atoms with Crippen molar-refractivity contribution < 1.29 is 17.9 Å². The number of nitrogens with zero attached hydrogens (tertiary/aromatic N) is 2. The Morgan fingerprint density at radius 3 is 2.36 bits per heavy atom. The summed E-state index contributed by atoms with van der Waals surface area (Å²) >= 11 is 6.17. The maximum Gasteiger partial charge on any atom is 0.260 e. The second-order valence-electron chi connectivity index (χ2n) is 9.39. The van der Waals surface area contributed by atoms with E-state index in [9.17, 15) is 13.2 Å². The number of piperidine rings is 1. The highest BCUT2D eigenvalue weighted by molar-refractivity contribution is 7.89. The van der Waals surface area contributed by atoms with Crippen LogP contribution in [0.25, 0.3) is 0 Å². The summed E-state index contributed by atoms with van der Waals surface area (Å²) in [5.74, 6) is 0.701. The number of aryl methyl sites for hydroxylation is 3. The number of amides is 1. The first kappa shape index (κ1) is 24.0. The van der Waals surface area contributed by atoms with E-state index in [1.807, 2.05) is 43.0 Å². The Morgan fingerprint density at radius 2 is 1.67 bits per heavy atom. The number of likely N-dealkylation sites (tertiary alicyclic amines) is 1. The highest BCUT2D eigenvalue weighted by atomic mass is 35.5. The Balaban J connectivity index is 1.36. The highest BCUT2D eigenvalue weighted by Gasteiger charge is 2.45. The molecule has 1 spiro atoms. The van der Waals surface area contributed by atoms with E-state index in [1.54, 1.807) is 23.4 Å². The minimum Gasteiger partial charge on any atom is -0.484 e. The summed E-state index contributed by atoms with van der Waals surface area (Å²) in [6.45, 7) is 7.84. The fraction of sp³-hybridized carbons (Fsp3) is 0.480. The molecule has 2 aromatic carbocycles. The van der Waals surface area contributed by atoms with Crippen LogP contribution in [-0.2, 0) is 14.8 Å². The molecular formula is C25H31ClN2O4S. The van der Waals surface area contributed by atoms with Gasteiger partial charge in [0, 0.05) is 31.2 Å². The number of rotatable bonds is 5. The minimum absolute atomic E-state index is 0.0214. The maximum absolute atomic E-state index is 13.4. The van der Waals surface area contributed by atoms with Gasteiger partial charge < -0.3 is 9.64 Å². The van der Waals surface area contributed by atoms with Crippen molar-refractivity contribution in [3.63, 3.8) is 0 Å². The van der Waals surface area contributed by atoms with Gasteiger partial charge in [0.25, 0.3) is 5.91 Å². The molecule has 2 aliphatic rings. The van der Waals surface area contributed by atoms with Gasteiger partial charge >= 0.3 is 0 Å². The molecule has 0 unspecified atom stereocenters. The fourth-order valence-corrected chi connectivity index (χ4v) is 6.92. The number of hydrogen-bond donors (Lipinski definition) is 0. The van der Waals surface area contributed by atoms with Crippen LogP contribution in [-0.4, -0.2) is 56.3 Å². The van der Waals surface area contributed by atoms with Crippen LogP contribution < -0.4 is 4.74 Å². The van der Waals surface area contributed by atoms with Crippen LogP contribution in [0.4, 0.5) is 0 Å². The van der Waals surface area contributed by atoms with E-state index in [-0.39, 0.29) is 17.9 Å². The van der Waals surface area contributed by atoms with Gasteiger partial charge in [-0.1, -0.05) is 29.8 Å². The molecule has 0 saturated carbocycles. The van der Waals surface area contributed by atoms with Crippen LogP contribution in [0.3, 0.4) is 0 Å². The van der Waals surface area contributed by atoms with Crippen molar-refractivity contribution in [2.45, 2.75) is 44.9 Å². The summed E-state index contributed by atoms with van der Waals surface area (Å²) in [5, 5.41) is 0.577. The number of carbonyl (C=O) groups is 1. The molecule has 1 amide bonds. The SMILES string of the molecule is Cc1cc(S(=O)(=O)N2CCC3(CCN(C(=O)COc4ccccc4C)CC3)C2)c(C)cc1Cl. The second kappa shape index (κ2) is 9.28. The summed E-state index contributed by atoms with van der Waals surface area (Å²) in [7, 11) is -3.58. The van der Waals surface area contributed by atoms with Gasteiger partial charge in [-0.15, -0.1) is 0 Å². The maximum atomic E-state index is 13.4. The summed E-state index contributed by atoms with van der Waals surface area (Å²) in [6.07, 6.45) is 2.42. The van der Waals surface area contributed by atoms with Crippen LogP contribution in [0.15, 0.2) is 41.3 Å². The number of ether oxygens (including phenoxy) is 1. The Bertz CT molecular complexity index is 1160. The predicted octanol–water partition coefficient (Wildman–Crippen LogP) is 4.35. The quantitative estimate of drug-likeness (QED) is 0.625. The van der Waals surface area contributed by atoms with Crippen LogP contribution in [0.5, 0.6) is 5.75 Å². The lowest BCUT2D eigenvalue weighted by atomic mass is 9.78. The fourth-order valence-electron chi connectivity index (χ4n) is 4.86. The third-order valence-electron chi connectivity index (χ3n) is 7.10. The molecule has 2 heterocycles. The Kier molecular flexibility index (Phi) is 6.76. The van der Waals surface area contributed by atoms with E-state index in [1.165, 1.54) is 0 Å². The van der Waals surface area contributed by atoms with Crippen molar-refractivity contribution in [3.05, 3.63) is 58.1 Å². The topological polar surface area (TPSA) is 66.9 Å². The third-order valence-corrected chi connectivity index (χ3v) is 9.49. The van der Waals surface area contributed by atoms with E-state index in [2.05, 4.69) is 0 Å². The molecule has 4 rings (SSSR count). The van der Waals surface area contributed by atoms with Gasteiger partial charge in [-0.3, -0.25) is 4.79 Å². The zero-order valence-corrected chi connectivity index (χ0v) is 21.0. The lowest BCUT2D eigenvalue weighted by Crippen LogP contribution is -2.46. The van der Waals surface area contributed by atoms with Crippen molar-refractivity contribution in [3.8, 4) is 5.75 Å². The van der Waals surface area contributed by atoms with E-state index in [0.717, 1.165) is 36.1 Å². The van der Waals surface area contributed by atoms with Gasteiger partial charge in [-0.25, -0.2) is 8.42 Å². The number of carbonyl (C=O) groups excluding carboxylic acids is 1. The van der Waals surface area contributed by atoms with Gasteiger partial charge in [-0.2, -0.15) is 4.31 Å². The molecule has 0 aromatic heterocycles. The van der Waals surface area contributed by atoms with Crippen LogP contribution >= 0.6 is 11.6 Å². The third kappa shape index (κ3) is 4.91. The summed E-state index contributed by atoms with van der Waals surface area (Å²) < 4.78 is 34.1. The van der Waals surface area contributed by atoms with Crippen molar-refractivity contribution in [1.82, 2.24) is 9.21 Å². The molecule has 0 radical (unpaired) electrons. The first-order valence-electron chi connectivity index (χ1n) is 11.3. The number of benzene rings is 2. The molecule has 33 heavy (non-hydrogen) atoms. The molecule has 2 aromatic rings. The Morgan fingerprint density at radius 1 is 1.00 bits per heavy atom. The van der Waals surface area contributed by atoms with Crippen molar-refractivity contribution in [2.24, 2.45) is 5.41 Å². The van der Waals surface area contributed by atoms with Gasteiger partial charge in [-0.05, 0) is 80.3 Å². The average Bonchev–Trinajstić information content (AvgIpc) is 3.20. The summed E-state index contributed by atoms with van der Waals surface area (Å²) in [4.78, 5) is 14.9. The molecular weight excluding hydrogens is 460 g/mol. The highest BCUT2D eigenvalue weighted by Crippen LogP contribution is 2.42. The number of halogens is 1. The van der Waals surface area contributed by atoms with E-state index < -0.39 is 10.0 Å². The van der Waals surface area contributed by atoms with Gasteiger partial charge in [0.15, 0.2) is 6.61 Å². The monoisotopic (exact) mass is 490 g/mol. The van der Waals surface area contributed by atoms with Crippen molar-refractivity contribution >= 4 is 27.5 Å². The number of hydrogen-bond acceptors (Lipinski definition) is 4. The Labute approximate surface area is 201 Å². The van der Waals surface area contributed by atoms with Crippen LogP contribution in [0.2, 0.25) is 5.02 Å². The van der Waals surface area contributed by atoms with Gasteiger partial charge in [0.1, 0.15) is 5.75 Å². The van der Waals surface area contributed by atoms with E-state index in [4.69, 9.17) is 16.3 Å². The molecule has 0 atom stereocenters. The largest absolute Gasteiger partial charge is 0.484 e. The molecule has 8 heteroatoms. The first-order chi connectivity index (χ1) is 15.6. The second-order valence-corrected chi connectivity index (χ2v) is 11.7. The lowest BCUT2D eigenvalue weighted by Gasteiger charge is -2.39. The Hall–Kier alpha value is -2.09.